The number of piperidine rings is 1. The highest BCUT2D eigenvalue weighted by Gasteiger charge is 2.27. The Morgan fingerprint density at radius 3 is 2.57 bits per heavy atom. The monoisotopic (exact) mass is 477 g/mol. The minimum atomic E-state index is -0.508. The number of carbonyl (C=O) groups is 2. The molecule has 0 spiro atoms. The standard InChI is InChI=1S/C28H35N3O4/c1-19-14-25-24(15-23(19)26(32)34-5)20(17-31(25)22-11-7-6-8-12-22)16-29-21-10-9-13-30(18-21)27(33)35-28(2,3)4/h6-8,11-12,14-15,17,21,29H,9-10,13,16,18H2,1-5H3. The molecule has 3 aromatic rings. The van der Waals surface area contributed by atoms with E-state index in [1.807, 2.05) is 58.0 Å². The van der Waals surface area contributed by atoms with Gasteiger partial charge < -0.3 is 24.3 Å². The number of hydrogen-bond acceptors (Lipinski definition) is 5. The van der Waals surface area contributed by atoms with Gasteiger partial charge in [-0.1, -0.05) is 18.2 Å². The van der Waals surface area contributed by atoms with E-state index in [-0.39, 0.29) is 18.1 Å². The van der Waals surface area contributed by atoms with Gasteiger partial charge in [0.1, 0.15) is 5.60 Å². The van der Waals surface area contributed by atoms with Gasteiger partial charge in [0.05, 0.1) is 18.2 Å². The van der Waals surface area contributed by atoms with E-state index >= 15 is 0 Å². The van der Waals surface area contributed by atoms with E-state index in [1.54, 1.807) is 4.90 Å². The fraction of sp³-hybridized carbons (Fsp3) is 0.429. The van der Waals surface area contributed by atoms with Gasteiger partial charge in [0.15, 0.2) is 0 Å². The molecule has 1 aliphatic rings. The second-order valence-electron chi connectivity index (χ2n) is 10.2. The van der Waals surface area contributed by atoms with Crippen molar-refractivity contribution in [2.45, 2.75) is 58.7 Å². The largest absolute Gasteiger partial charge is 0.465 e. The van der Waals surface area contributed by atoms with Crippen LogP contribution in [0.2, 0.25) is 0 Å². The quantitative estimate of drug-likeness (QED) is 0.511. The molecule has 0 aliphatic carbocycles. The van der Waals surface area contributed by atoms with Crippen LogP contribution in [0.15, 0.2) is 48.7 Å². The zero-order valence-electron chi connectivity index (χ0n) is 21.3. The maximum absolute atomic E-state index is 12.6. The molecule has 7 nitrogen and oxygen atoms in total. The molecule has 0 saturated carbocycles. The zero-order chi connectivity index (χ0) is 25.2. The van der Waals surface area contributed by atoms with Crippen LogP contribution in [0.25, 0.3) is 16.6 Å². The zero-order valence-corrected chi connectivity index (χ0v) is 21.3. The molecule has 1 N–H and O–H groups in total. The summed E-state index contributed by atoms with van der Waals surface area (Å²) in [6, 6.07) is 14.3. The van der Waals surface area contributed by atoms with Gasteiger partial charge in [-0.2, -0.15) is 0 Å². The number of amides is 1. The van der Waals surface area contributed by atoms with Gasteiger partial charge in [-0.25, -0.2) is 9.59 Å². The van der Waals surface area contributed by atoms with Crippen LogP contribution in [-0.2, 0) is 16.0 Å². The number of benzene rings is 2. The number of likely N-dealkylation sites (tertiary alicyclic amines) is 1. The lowest BCUT2D eigenvalue weighted by Crippen LogP contribution is -2.49. The van der Waals surface area contributed by atoms with Crippen LogP contribution in [0.1, 0.15) is 55.1 Å². The number of rotatable bonds is 5. The topological polar surface area (TPSA) is 72.8 Å². The molecule has 35 heavy (non-hydrogen) atoms. The number of carbonyl (C=O) groups excluding carboxylic acids is 2. The average Bonchev–Trinajstić information content (AvgIpc) is 3.18. The Bertz CT molecular complexity index is 1210. The summed E-state index contributed by atoms with van der Waals surface area (Å²) in [7, 11) is 1.41. The Labute approximate surface area is 207 Å². The van der Waals surface area contributed by atoms with Crippen molar-refractivity contribution in [3.05, 3.63) is 65.4 Å². The van der Waals surface area contributed by atoms with E-state index in [9.17, 15) is 9.59 Å². The van der Waals surface area contributed by atoms with Crippen LogP contribution in [0.3, 0.4) is 0 Å². The van der Waals surface area contributed by atoms with Gasteiger partial charge in [0.25, 0.3) is 0 Å². The van der Waals surface area contributed by atoms with Crippen molar-refractivity contribution in [3.63, 3.8) is 0 Å². The number of nitrogens with one attached hydrogen (secondary N) is 1. The summed E-state index contributed by atoms with van der Waals surface area (Å²) >= 11 is 0. The summed E-state index contributed by atoms with van der Waals surface area (Å²) in [5.74, 6) is -0.337. The van der Waals surface area contributed by atoms with E-state index < -0.39 is 5.60 Å². The highest BCUT2D eigenvalue weighted by molar-refractivity contribution is 5.98. The molecule has 4 rings (SSSR count). The molecule has 1 aromatic heterocycles. The van der Waals surface area contributed by atoms with Gasteiger partial charge in [0, 0.05) is 42.9 Å². The normalized spacial score (nSPS) is 16.4. The smallest absolute Gasteiger partial charge is 0.410 e. The number of aryl methyl sites for hydroxylation is 1. The van der Waals surface area contributed by atoms with Crippen molar-refractivity contribution in [1.29, 1.82) is 0 Å². The highest BCUT2D eigenvalue weighted by Crippen LogP contribution is 2.29. The summed E-state index contributed by atoms with van der Waals surface area (Å²) < 4.78 is 12.7. The van der Waals surface area contributed by atoms with Crippen LogP contribution >= 0.6 is 0 Å². The van der Waals surface area contributed by atoms with Crippen LogP contribution in [0.4, 0.5) is 4.79 Å². The first-order valence-electron chi connectivity index (χ1n) is 12.2. The third kappa shape index (κ3) is 5.68. The molecule has 0 bridgehead atoms. The number of nitrogens with zero attached hydrogens (tertiary/aromatic N) is 2. The van der Waals surface area contributed by atoms with Gasteiger partial charge >= 0.3 is 12.1 Å². The Kier molecular flexibility index (Phi) is 7.17. The Hall–Kier alpha value is -3.32. The van der Waals surface area contributed by atoms with Crippen LogP contribution in [0, 0.1) is 6.92 Å². The maximum atomic E-state index is 12.6. The van der Waals surface area contributed by atoms with Crippen molar-refractivity contribution in [1.82, 2.24) is 14.8 Å². The second kappa shape index (κ2) is 10.1. The Balaban J connectivity index is 1.60. The predicted molar refractivity (Wildman–Crippen MR) is 137 cm³/mol. The van der Waals surface area contributed by atoms with E-state index in [1.165, 1.54) is 7.11 Å². The number of hydrogen-bond donors (Lipinski definition) is 1. The molecule has 1 fully saturated rings. The maximum Gasteiger partial charge on any atom is 0.410 e. The van der Waals surface area contributed by atoms with Crippen molar-refractivity contribution >= 4 is 23.0 Å². The van der Waals surface area contributed by atoms with E-state index in [2.05, 4.69) is 28.2 Å². The predicted octanol–water partition coefficient (Wildman–Crippen LogP) is 5.21. The fourth-order valence-corrected chi connectivity index (χ4v) is 4.61. The third-order valence-corrected chi connectivity index (χ3v) is 6.33. The number of methoxy groups -OCH3 is 1. The minimum Gasteiger partial charge on any atom is -0.465 e. The number of fused-ring (bicyclic) bond motifs is 1. The van der Waals surface area contributed by atoms with E-state index in [0.717, 1.165) is 40.6 Å². The summed E-state index contributed by atoms with van der Waals surface area (Å²) in [5.41, 5.74) is 4.12. The highest BCUT2D eigenvalue weighted by atomic mass is 16.6. The van der Waals surface area contributed by atoms with Crippen molar-refractivity contribution in [2.75, 3.05) is 20.2 Å². The number of ether oxygens (including phenoxy) is 2. The fourth-order valence-electron chi connectivity index (χ4n) is 4.61. The van der Waals surface area contributed by atoms with Crippen molar-refractivity contribution in [3.8, 4) is 5.69 Å². The third-order valence-electron chi connectivity index (χ3n) is 6.33. The summed E-state index contributed by atoms with van der Waals surface area (Å²) in [4.78, 5) is 26.7. The van der Waals surface area contributed by atoms with Gasteiger partial charge in [-0.15, -0.1) is 0 Å². The molecule has 2 heterocycles. The van der Waals surface area contributed by atoms with Crippen LogP contribution < -0.4 is 5.32 Å². The Morgan fingerprint density at radius 2 is 1.89 bits per heavy atom. The molecule has 186 valence electrons. The molecular weight excluding hydrogens is 442 g/mol. The van der Waals surface area contributed by atoms with E-state index in [4.69, 9.17) is 9.47 Å². The molecule has 1 atom stereocenters. The lowest BCUT2D eigenvalue weighted by Gasteiger charge is -2.34. The molecule has 1 saturated heterocycles. The van der Waals surface area contributed by atoms with Gasteiger partial charge in [-0.05, 0) is 75.9 Å². The van der Waals surface area contributed by atoms with Crippen LogP contribution in [-0.4, -0.2) is 53.4 Å². The van der Waals surface area contributed by atoms with Crippen LogP contribution in [0.5, 0.6) is 0 Å². The lowest BCUT2D eigenvalue weighted by atomic mass is 10.0. The second-order valence-corrected chi connectivity index (χ2v) is 10.2. The first-order valence-corrected chi connectivity index (χ1v) is 12.2. The molecule has 0 radical (unpaired) electrons. The van der Waals surface area contributed by atoms with Crippen molar-refractivity contribution < 1.29 is 19.1 Å². The average molecular weight is 478 g/mol. The van der Waals surface area contributed by atoms with E-state index in [0.29, 0.717) is 25.2 Å². The molecular formula is C28H35N3O4. The molecule has 1 amide bonds. The lowest BCUT2D eigenvalue weighted by molar-refractivity contribution is 0.0187. The molecule has 2 aromatic carbocycles. The molecule has 7 heteroatoms. The summed E-state index contributed by atoms with van der Waals surface area (Å²) in [5, 5.41) is 4.65. The first kappa shape index (κ1) is 24.8. The SMILES string of the molecule is COC(=O)c1cc2c(CNC3CCCN(C(=O)OC(C)(C)C)C3)cn(-c3ccccc3)c2cc1C. The summed E-state index contributed by atoms with van der Waals surface area (Å²) in [6.07, 6.45) is 3.78. The van der Waals surface area contributed by atoms with Gasteiger partial charge in [-0.3, -0.25) is 0 Å². The minimum absolute atomic E-state index is 0.164. The number of esters is 1. The molecule has 1 aliphatic heterocycles. The van der Waals surface area contributed by atoms with Crippen molar-refractivity contribution in [2.24, 2.45) is 0 Å². The Morgan fingerprint density at radius 1 is 1.14 bits per heavy atom. The summed E-state index contributed by atoms with van der Waals surface area (Å²) in [6.45, 7) is 9.53. The molecule has 1 unspecified atom stereocenters. The first-order chi connectivity index (χ1) is 16.7. The number of para-hydroxylation sites is 1. The number of aromatic nitrogens is 1. The van der Waals surface area contributed by atoms with Gasteiger partial charge in [0.2, 0.25) is 0 Å².